The maximum absolute atomic E-state index is 12.8. The fourth-order valence-electron chi connectivity index (χ4n) is 2.52. The number of fused-ring (bicyclic) bond motifs is 1. The van der Waals surface area contributed by atoms with E-state index in [0.717, 1.165) is 10.1 Å². The van der Waals surface area contributed by atoms with Crippen LogP contribution in [-0.4, -0.2) is 27.1 Å². The van der Waals surface area contributed by atoms with E-state index >= 15 is 0 Å². The fraction of sp³-hybridized carbons (Fsp3) is 0.176. The van der Waals surface area contributed by atoms with Gasteiger partial charge in [-0.25, -0.2) is 9.78 Å². The first-order chi connectivity index (χ1) is 11.6. The zero-order valence-electron chi connectivity index (χ0n) is 13.1. The zero-order chi connectivity index (χ0) is 17.1. The summed E-state index contributed by atoms with van der Waals surface area (Å²) in [5.41, 5.74) is 0.330. The lowest BCUT2D eigenvalue weighted by atomic mass is 10.2. The molecule has 1 aromatic carbocycles. The lowest BCUT2D eigenvalue weighted by Crippen LogP contribution is -2.42. The normalized spacial score (nSPS) is 10.7. The van der Waals surface area contributed by atoms with Gasteiger partial charge in [-0.05, 0) is 17.7 Å². The van der Waals surface area contributed by atoms with Gasteiger partial charge in [0.25, 0.3) is 5.56 Å². The monoisotopic (exact) mass is 324 g/mol. The minimum Gasteiger partial charge on any atom is -0.358 e. The van der Waals surface area contributed by atoms with Crippen molar-refractivity contribution in [1.29, 1.82) is 0 Å². The quantitative estimate of drug-likeness (QED) is 0.750. The maximum Gasteiger partial charge on any atom is 0.332 e. The van der Waals surface area contributed by atoms with Gasteiger partial charge in [-0.15, -0.1) is 0 Å². The Hall–Kier alpha value is -3.22. The molecule has 3 aromatic rings. The number of rotatable bonds is 4. The smallest absolute Gasteiger partial charge is 0.332 e. The van der Waals surface area contributed by atoms with E-state index in [-0.39, 0.29) is 24.5 Å². The molecular formula is C17H16N4O3. The molecule has 1 amide bonds. The van der Waals surface area contributed by atoms with Gasteiger partial charge in [-0.3, -0.25) is 18.7 Å². The van der Waals surface area contributed by atoms with Gasteiger partial charge in [0.1, 0.15) is 6.54 Å². The molecule has 0 aliphatic heterocycles. The van der Waals surface area contributed by atoms with Crippen LogP contribution in [0.2, 0.25) is 0 Å². The lowest BCUT2D eigenvalue weighted by Gasteiger charge is -2.13. The van der Waals surface area contributed by atoms with E-state index in [1.807, 2.05) is 30.3 Å². The number of carbonyl (C=O) groups is 1. The first-order valence-electron chi connectivity index (χ1n) is 7.44. The molecule has 3 rings (SSSR count). The Bertz CT molecular complexity index is 1010. The molecular weight excluding hydrogens is 308 g/mol. The molecule has 0 atom stereocenters. The number of nitrogens with one attached hydrogen (secondary N) is 1. The van der Waals surface area contributed by atoms with E-state index in [2.05, 4.69) is 10.3 Å². The lowest BCUT2D eigenvalue weighted by molar-refractivity contribution is -0.121. The average molecular weight is 324 g/mol. The number of nitrogens with zero attached hydrogens (tertiary/aromatic N) is 3. The highest BCUT2D eigenvalue weighted by molar-refractivity contribution is 5.79. The van der Waals surface area contributed by atoms with Gasteiger partial charge >= 0.3 is 5.69 Å². The number of benzene rings is 1. The third-order valence-electron chi connectivity index (χ3n) is 3.75. The molecule has 0 spiro atoms. The van der Waals surface area contributed by atoms with Crippen LogP contribution < -0.4 is 16.6 Å². The second-order valence-electron chi connectivity index (χ2n) is 5.29. The molecule has 122 valence electrons. The van der Waals surface area contributed by atoms with Crippen molar-refractivity contribution in [1.82, 2.24) is 19.4 Å². The van der Waals surface area contributed by atoms with Crippen molar-refractivity contribution in [3.05, 3.63) is 75.1 Å². The number of likely N-dealkylation sites (N-methyl/N-ethyl adjacent to an activating group) is 1. The molecule has 2 heterocycles. The summed E-state index contributed by atoms with van der Waals surface area (Å²) >= 11 is 0. The molecule has 7 heteroatoms. The Labute approximate surface area is 137 Å². The number of carbonyl (C=O) groups excluding carboxylic acids is 1. The van der Waals surface area contributed by atoms with Crippen molar-refractivity contribution in [2.24, 2.45) is 0 Å². The summed E-state index contributed by atoms with van der Waals surface area (Å²) < 4.78 is 2.37. The van der Waals surface area contributed by atoms with Crippen molar-refractivity contribution in [2.75, 3.05) is 7.05 Å². The SMILES string of the molecule is CNC(=O)Cn1c(=O)n(Cc2ccccc2)c(=O)c2ncccc21. The van der Waals surface area contributed by atoms with E-state index in [9.17, 15) is 14.4 Å². The van der Waals surface area contributed by atoms with Gasteiger partial charge in [-0.1, -0.05) is 30.3 Å². The second kappa shape index (κ2) is 6.49. The highest BCUT2D eigenvalue weighted by Crippen LogP contribution is 2.06. The van der Waals surface area contributed by atoms with Crippen molar-refractivity contribution >= 4 is 16.9 Å². The summed E-state index contributed by atoms with van der Waals surface area (Å²) in [5, 5.41) is 2.48. The molecule has 24 heavy (non-hydrogen) atoms. The standard InChI is InChI=1S/C17H16N4O3/c1-18-14(22)11-20-13-8-5-9-19-15(13)16(23)21(17(20)24)10-12-6-3-2-4-7-12/h2-9H,10-11H2,1H3,(H,18,22). The number of hydrogen-bond acceptors (Lipinski definition) is 4. The number of pyridine rings is 1. The van der Waals surface area contributed by atoms with Gasteiger partial charge < -0.3 is 5.32 Å². The summed E-state index contributed by atoms with van der Waals surface area (Å²) in [6.45, 7) is -0.0502. The van der Waals surface area contributed by atoms with Crippen LogP contribution in [0.3, 0.4) is 0 Å². The fourth-order valence-corrected chi connectivity index (χ4v) is 2.52. The Morgan fingerprint density at radius 3 is 2.54 bits per heavy atom. The summed E-state index contributed by atoms with van der Waals surface area (Å²) in [4.78, 5) is 41.3. The molecule has 0 fully saturated rings. The van der Waals surface area contributed by atoms with Crippen LogP contribution in [-0.2, 0) is 17.9 Å². The molecule has 0 saturated carbocycles. The second-order valence-corrected chi connectivity index (χ2v) is 5.29. The van der Waals surface area contributed by atoms with Crippen molar-refractivity contribution in [2.45, 2.75) is 13.1 Å². The van der Waals surface area contributed by atoms with E-state index in [0.29, 0.717) is 5.52 Å². The Kier molecular flexibility index (Phi) is 4.24. The highest BCUT2D eigenvalue weighted by Gasteiger charge is 2.15. The van der Waals surface area contributed by atoms with E-state index in [1.165, 1.54) is 17.8 Å². The first kappa shape index (κ1) is 15.7. The van der Waals surface area contributed by atoms with Crippen molar-refractivity contribution in [3.63, 3.8) is 0 Å². The van der Waals surface area contributed by atoms with Crippen LogP contribution in [0.5, 0.6) is 0 Å². The predicted molar refractivity (Wildman–Crippen MR) is 89.9 cm³/mol. The van der Waals surface area contributed by atoms with Crippen molar-refractivity contribution in [3.8, 4) is 0 Å². The molecule has 0 aliphatic carbocycles. The Balaban J connectivity index is 2.24. The molecule has 2 aromatic heterocycles. The van der Waals surface area contributed by atoms with Crippen LogP contribution in [0, 0.1) is 0 Å². The summed E-state index contributed by atoms with van der Waals surface area (Å²) in [7, 11) is 1.49. The Morgan fingerprint density at radius 1 is 1.08 bits per heavy atom. The van der Waals surface area contributed by atoms with E-state index in [1.54, 1.807) is 12.1 Å². The number of aromatic nitrogens is 3. The van der Waals surface area contributed by atoms with Crippen LogP contribution in [0.15, 0.2) is 58.3 Å². The molecule has 0 bridgehead atoms. The minimum absolute atomic E-state index is 0.124. The summed E-state index contributed by atoms with van der Waals surface area (Å²) in [6.07, 6.45) is 1.49. The zero-order valence-corrected chi connectivity index (χ0v) is 13.1. The highest BCUT2D eigenvalue weighted by atomic mass is 16.2. The van der Waals surface area contributed by atoms with E-state index < -0.39 is 11.2 Å². The molecule has 7 nitrogen and oxygen atoms in total. The summed E-state index contributed by atoms with van der Waals surface area (Å²) in [6, 6.07) is 12.4. The van der Waals surface area contributed by atoms with E-state index in [4.69, 9.17) is 0 Å². The summed E-state index contributed by atoms with van der Waals surface area (Å²) in [5.74, 6) is -0.327. The van der Waals surface area contributed by atoms with Gasteiger partial charge in [-0.2, -0.15) is 0 Å². The average Bonchev–Trinajstić information content (AvgIpc) is 2.63. The molecule has 0 aliphatic rings. The topological polar surface area (TPSA) is 86.0 Å². The third-order valence-corrected chi connectivity index (χ3v) is 3.75. The van der Waals surface area contributed by atoms with Crippen molar-refractivity contribution < 1.29 is 4.79 Å². The number of hydrogen-bond donors (Lipinski definition) is 1. The number of amides is 1. The van der Waals surface area contributed by atoms with Crippen LogP contribution in [0.25, 0.3) is 11.0 Å². The first-order valence-corrected chi connectivity index (χ1v) is 7.44. The predicted octanol–water partition coefficient (Wildman–Crippen LogP) is 0.353. The molecule has 1 N–H and O–H groups in total. The van der Waals surface area contributed by atoms with Crippen LogP contribution in [0.4, 0.5) is 0 Å². The van der Waals surface area contributed by atoms with Gasteiger partial charge in [0, 0.05) is 13.2 Å². The third kappa shape index (κ3) is 2.83. The van der Waals surface area contributed by atoms with Gasteiger partial charge in [0.15, 0.2) is 5.52 Å². The maximum atomic E-state index is 12.8. The van der Waals surface area contributed by atoms with Crippen LogP contribution >= 0.6 is 0 Å². The molecule has 0 saturated heterocycles. The van der Waals surface area contributed by atoms with Gasteiger partial charge in [0.2, 0.25) is 5.91 Å². The molecule has 0 radical (unpaired) electrons. The largest absolute Gasteiger partial charge is 0.358 e. The Morgan fingerprint density at radius 2 is 1.83 bits per heavy atom. The minimum atomic E-state index is -0.534. The van der Waals surface area contributed by atoms with Crippen LogP contribution in [0.1, 0.15) is 5.56 Å². The van der Waals surface area contributed by atoms with Gasteiger partial charge in [0.05, 0.1) is 12.1 Å². The molecule has 0 unspecified atom stereocenters.